The first-order valence-electron chi connectivity index (χ1n) is 2.58. The number of rotatable bonds is 1. The molecule has 54 valence electrons. The highest BCUT2D eigenvalue weighted by Crippen LogP contribution is 2.18. The normalized spacial score (nSPS) is 9.80. The van der Waals surface area contributed by atoms with Gasteiger partial charge < -0.3 is 9.90 Å². The standard InChI is InChI=1S/C6H5FO2S/c1-3-2-4(6(8)9)10-5(3)7/h2H,1H3,(H,8,9)/p-1. The van der Waals surface area contributed by atoms with Crippen molar-refractivity contribution in [2.45, 2.75) is 6.92 Å². The largest absolute Gasteiger partial charge is 0.544 e. The van der Waals surface area contributed by atoms with Gasteiger partial charge in [0.15, 0.2) is 5.13 Å². The molecule has 0 radical (unpaired) electrons. The molecule has 0 fully saturated rings. The Morgan fingerprint density at radius 1 is 1.80 bits per heavy atom. The fourth-order valence-corrected chi connectivity index (χ4v) is 1.29. The van der Waals surface area contributed by atoms with Crippen LogP contribution in [0.2, 0.25) is 0 Å². The minimum absolute atomic E-state index is 0.0602. The third-order valence-electron chi connectivity index (χ3n) is 1.06. The zero-order valence-electron chi connectivity index (χ0n) is 5.18. The Morgan fingerprint density at radius 3 is 2.60 bits per heavy atom. The molecule has 0 aliphatic heterocycles. The van der Waals surface area contributed by atoms with E-state index in [1.54, 1.807) is 0 Å². The SMILES string of the molecule is Cc1cc(C(=O)[O-])sc1F. The highest BCUT2D eigenvalue weighted by atomic mass is 32.1. The van der Waals surface area contributed by atoms with Crippen molar-refractivity contribution in [1.82, 2.24) is 0 Å². The average molecular weight is 159 g/mol. The van der Waals surface area contributed by atoms with Crippen molar-refractivity contribution < 1.29 is 14.3 Å². The van der Waals surface area contributed by atoms with Crippen LogP contribution in [0.1, 0.15) is 15.2 Å². The molecule has 0 unspecified atom stereocenters. The van der Waals surface area contributed by atoms with Gasteiger partial charge in [0.1, 0.15) is 0 Å². The molecule has 0 amide bonds. The highest BCUT2D eigenvalue weighted by molar-refractivity contribution is 7.12. The van der Waals surface area contributed by atoms with Gasteiger partial charge in [0, 0.05) is 0 Å². The van der Waals surface area contributed by atoms with E-state index in [1.807, 2.05) is 0 Å². The van der Waals surface area contributed by atoms with Crippen LogP contribution in [-0.4, -0.2) is 5.97 Å². The molecule has 4 heteroatoms. The average Bonchev–Trinajstić information content (AvgIpc) is 2.13. The monoisotopic (exact) mass is 159 g/mol. The fourth-order valence-electron chi connectivity index (χ4n) is 0.560. The van der Waals surface area contributed by atoms with E-state index in [-0.39, 0.29) is 4.88 Å². The number of halogens is 1. The molecule has 0 bridgehead atoms. The van der Waals surface area contributed by atoms with Crippen LogP contribution in [0.5, 0.6) is 0 Å². The quantitative estimate of drug-likeness (QED) is 0.600. The van der Waals surface area contributed by atoms with Crippen molar-refractivity contribution in [3.8, 4) is 0 Å². The maximum atomic E-state index is 12.4. The topological polar surface area (TPSA) is 40.1 Å². The van der Waals surface area contributed by atoms with E-state index in [2.05, 4.69) is 0 Å². The number of thiophene rings is 1. The molecule has 1 heterocycles. The number of carbonyl (C=O) groups excluding carboxylic acids is 1. The zero-order valence-corrected chi connectivity index (χ0v) is 6.00. The van der Waals surface area contributed by atoms with Crippen LogP contribution in [0.15, 0.2) is 6.07 Å². The van der Waals surface area contributed by atoms with E-state index in [1.165, 1.54) is 13.0 Å². The minimum Gasteiger partial charge on any atom is -0.544 e. The number of hydrogen-bond donors (Lipinski definition) is 0. The van der Waals surface area contributed by atoms with Crippen LogP contribution in [0, 0.1) is 12.1 Å². The lowest BCUT2D eigenvalue weighted by Crippen LogP contribution is -2.20. The molecule has 0 atom stereocenters. The Balaban J connectivity index is 3.10. The number of aromatic carboxylic acids is 1. The summed E-state index contributed by atoms with van der Waals surface area (Å²) >= 11 is 0.594. The summed E-state index contributed by atoms with van der Waals surface area (Å²) < 4.78 is 12.4. The zero-order chi connectivity index (χ0) is 7.72. The minimum atomic E-state index is -1.32. The lowest BCUT2D eigenvalue weighted by atomic mass is 10.3. The molecule has 10 heavy (non-hydrogen) atoms. The van der Waals surface area contributed by atoms with Crippen molar-refractivity contribution in [2.75, 3.05) is 0 Å². The lowest BCUT2D eigenvalue weighted by Gasteiger charge is -1.91. The molecule has 1 rings (SSSR count). The molecule has 0 aliphatic carbocycles. The summed E-state index contributed by atoms with van der Waals surface area (Å²) in [6.07, 6.45) is 0. The van der Waals surface area contributed by atoms with E-state index in [0.717, 1.165) is 0 Å². The van der Waals surface area contributed by atoms with Crippen LogP contribution in [0.25, 0.3) is 0 Å². The molecule has 0 saturated heterocycles. The summed E-state index contributed by atoms with van der Waals surface area (Å²) in [5.74, 6) is -1.32. The van der Waals surface area contributed by atoms with Crippen molar-refractivity contribution in [1.29, 1.82) is 0 Å². The van der Waals surface area contributed by atoms with Gasteiger partial charge in [-0.15, -0.1) is 11.3 Å². The molecule has 1 aromatic rings. The van der Waals surface area contributed by atoms with Crippen molar-refractivity contribution in [3.05, 3.63) is 21.6 Å². The molecular formula is C6H4FO2S-. The second-order valence-corrected chi connectivity index (χ2v) is 2.86. The predicted molar refractivity (Wildman–Crippen MR) is 33.3 cm³/mol. The summed E-state index contributed by atoms with van der Waals surface area (Å²) in [7, 11) is 0. The van der Waals surface area contributed by atoms with E-state index in [4.69, 9.17) is 0 Å². The van der Waals surface area contributed by atoms with E-state index >= 15 is 0 Å². The maximum Gasteiger partial charge on any atom is 0.179 e. The van der Waals surface area contributed by atoms with Gasteiger partial charge in [0.2, 0.25) is 0 Å². The Bertz CT molecular complexity index is 247. The van der Waals surface area contributed by atoms with Gasteiger partial charge in [-0.3, -0.25) is 0 Å². The first kappa shape index (κ1) is 7.21. The number of carboxylic acid groups (broad SMARTS) is 1. The van der Waals surface area contributed by atoms with Crippen molar-refractivity contribution in [2.24, 2.45) is 0 Å². The Kier molecular flexibility index (Phi) is 1.72. The molecular weight excluding hydrogens is 155 g/mol. The second kappa shape index (κ2) is 2.38. The Hall–Kier alpha value is -0.900. The second-order valence-electron chi connectivity index (χ2n) is 1.85. The molecule has 0 aliphatic rings. The third kappa shape index (κ3) is 1.16. The number of hydrogen-bond acceptors (Lipinski definition) is 3. The van der Waals surface area contributed by atoms with E-state index in [9.17, 15) is 14.3 Å². The summed E-state index contributed by atoms with van der Waals surface area (Å²) in [6, 6.07) is 1.26. The fraction of sp³-hybridized carbons (Fsp3) is 0.167. The molecule has 0 saturated carbocycles. The Labute approximate surface area is 60.9 Å². The van der Waals surface area contributed by atoms with Gasteiger partial charge in [0.05, 0.1) is 10.8 Å². The first-order valence-corrected chi connectivity index (χ1v) is 3.40. The van der Waals surface area contributed by atoms with Gasteiger partial charge in [0.25, 0.3) is 0 Å². The van der Waals surface area contributed by atoms with Crippen molar-refractivity contribution in [3.63, 3.8) is 0 Å². The summed E-state index contributed by atoms with van der Waals surface area (Å²) in [6.45, 7) is 1.51. The third-order valence-corrected chi connectivity index (χ3v) is 2.06. The van der Waals surface area contributed by atoms with E-state index < -0.39 is 11.1 Å². The molecule has 0 N–H and O–H groups in total. The summed E-state index contributed by atoms with van der Waals surface area (Å²) in [5, 5.41) is 9.64. The number of carboxylic acids is 1. The van der Waals surface area contributed by atoms with Gasteiger partial charge >= 0.3 is 0 Å². The van der Waals surface area contributed by atoms with E-state index in [0.29, 0.717) is 16.9 Å². The predicted octanol–water partition coefficient (Wildman–Crippen LogP) is 0.559. The van der Waals surface area contributed by atoms with Crippen LogP contribution >= 0.6 is 11.3 Å². The molecule has 0 aromatic carbocycles. The smallest absolute Gasteiger partial charge is 0.179 e. The van der Waals surface area contributed by atoms with Crippen LogP contribution in [0.4, 0.5) is 4.39 Å². The molecule has 2 nitrogen and oxygen atoms in total. The van der Waals surface area contributed by atoms with Crippen LogP contribution in [-0.2, 0) is 0 Å². The summed E-state index contributed by atoms with van der Waals surface area (Å²) in [4.78, 5) is 10.0. The lowest BCUT2D eigenvalue weighted by molar-refractivity contribution is -0.254. The molecule has 1 aromatic heterocycles. The summed E-state index contributed by atoms with van der Waals surface area (Å²) in [5.41, 5.74) is 0.351. The van der Waals surface area contributed by atoms with Crippen LogP contribution in [0.3, 0.4) is 0 Å². The van der Waals surface area contributed by atoms with Gasteiger partial charge in [-0.2, -0.15) is 4.39 Å². The van der Waals surface area contributed by atoms with Gasteiger partial charge in [-0.25, -0.2) is 0 Å². The highest BCUT2D eigenvalue weighted by Gasteiger charge is 2.03. The van der Waals surface area contributed by atoms with Crippen LogP contribution < -0.4 is 5.11 Å². The maximum absolute atomic E-state index is 12.4. The van der Waals surface area contributed by atoms with Crippen molar-refractivity contribution >= 4 is 17.3 Å². The number of aryl methyl sites for hydroxylation is 1. The Morgan fingerprint density at radius 2 is 2.40 bits per heavy atom. The first-order chi connectivity index (χ1) is 4.61. The van der Waals surface area contributed by atoms with Gasteiger partial charge in [-0.05, 0) is 18.6 Å². The van der Waals surface area contributed by atoms with Gasteiger partial charge in [-0.1, -0.05) is 0 Å². The molecule has 0 spiro atoms. The number of carbonyl (C=O) groups is 1.